The van der Waals surface area contributed by atoms with E-state index in [0.29, 0.717) is 5.82 Å². The summed E-state index contributed by atoms with van der Waals surface area (Å²) in [5.74, 6) is 0.562. The smallest absolute Gasteiger partial charge is 0.123 e. The van der Waals surface area contributed by atoms with Crippen molar-refractivity contribution in [2.45, 2.75) is 13.8 Å². The third-order valence-corrected chi connectivity index (χ3v) is 2.94. The van der Waals surface area contributed by atoms with Gasteiger partial charge >= 0.3 is 0 Å². The second kappa shape index (κ2) is 3.38. The van der Waals surface area contributed by atoms with Gasteiger partial charge in [-0.3, -0.25) is 0 Å². The van der Waals surface area contributed by atoms with Crippen molar-refractivity contribution in [3.8, 4) is 10.4 Å². The predicted octanol–water partition coefficient (Wildman–Crippen LogP) is 2.40. The Balaban J connectivity index is 2.52. The molecule has 0 aliphatic carbocycles. The summed E-state index contributed by atoms with van der Waals surface area (Å²) in [6, 6.07) is 3.94. The number of nitrogens with two attached hydrogens (primary N) is 1. The first-order chi connectivity index (χ1) is 6.66. The second-order valence-electron chi connectivity index (χ2n) is 3.26. The van der Waals surface area contributed by atoms with Crippen molar-refractivity contribution in [3.63, 3.8) is 0 Å². The monoisotopic (exact) mass is 205 g/mol. The van der Waals surface area contributed by atoms with Crippen LogP contribution in [0.1, 0.15) is 11.3 Å². The average Bonchev–Trinajstić information content (AvgIpc) is 2.51. The Morgan fingerprint density at radius 3 is 2.64 bits per heavy atom. The zero-order valence-electron chi connectivity index (χ0n) is 8.11. The number of rotatable bonds is 1. The van der Waals surface area contributed by atoms with Crippen molar-refractivity contribution in [2.24, 2.45) is 0 Å². The fraction of sp³-hybridized carbons (Fsp3) is 0.200. The Morgan fingerprint density at radius 1 is 1.29 bits per heavy atom. The van der Waals surface area contributed by atoms with E-state index in [1.807, 2.05) is 19.9 Å². The molecule has 2 N–H and O–H groups in total. The normalized spacial score (nSPS) is 10.4. The summed E-state index contributed by atoms with van der Waals surface area (Å²) in [5, 5.41) is 0. The Morgan fingerprint density at radius 2 is 2.07 bits per heavy atom. The largest absolute Gasteiger partial charge is 0.384 e. The first-order valence-corrected chi connectivity index (χ1v) is 5.10. The molecule has 14 heavy (non-hydrogen) atoms. The third kappa shape index (κ3) is 1.61. The van der Waals surface area contributed by atoms with Gasteiger partial charge in [-0.25, -0.2) is 4.98 Å². The molecule has 0 amide bonds. The SMILES string of the molecule is Cc1cc(-c2cnc(N)cc2C)sn1. The molecule has 4 heteroatoms. The highest BCUT2D eigenvalue weighted by Gasteiger charge is 2.05. The summed E-state index contributed by atoms with van der Waals surface area (Å²) in [7, 11) is 0. The molecular weight excluding hydrogens is 194 g/mol. The van der Waals surface area contributed by atoms with Gasteiger partial charge in [-0.2, -0.15) is 4.37 Å². The van der Waals surface area contributed by atoms with Gasteiger partial charge in [0.25, 0.3) is 0 Å². The zero-order valence-corrected chi connectivity index (χ0v) is 8.93. The molecular formula is C10H11N3S. The molecule has 0 fully saturated rings. The Labute approximate surface area is 86.8 Å². The van der Waals surface area contributed by atoms with Crippen LogP contribution in [0.3, 0.4) is 0 Å². The van der Waals surface area contributed by atoms with E-state index in [0.717, 1.165) is 21.7 Å². The van der Waals surface area contributed by atoms with E-state index < -0.39 is 0 Å². The molecule has 0 aromatic carbocycles. The molecule has 0 aliphatic rings. The summed E-state index contributed by atoms with van der Waals surface area (Å²) in [6.07, 6.45) is 1.80. The number of nitrogen functional groups attached to an aromatic ring is 1. The van der Waals surface area contributed by atoms with Gasteiger partial charge in [0.2, 0.25) is 0 Å². The van der Waals surface area contributed by atoms with Crippen molar-refractivity contribution in [1.82, 2.24) is 9.36 Å². The maximum Gasteiger partial charge on any atom is 0.123 e. The standard InChI is InChI=1S/C10H11N3S/c1-6-3-10(11)12-5-8(6)9-4-7(2)13-14-9/h3-5H,1-2H3,(H2,11,12). The fourth-order valence-corrected chi connectivity index (χ4v) is 2.16. The molecule has 2 aromatic heterocycles. The van der Waals surface area contributed by atoms with Crippen LogP contribution < -0.4 is 5.73 Å². The highest BCUT2D eigenvalue weighted by molar-refractivity contribution is 7.09. The average molecular weight is 205 g/mol. The molecule has 0 radical (unpaired) electrons. The molecule has 2 heterocycles. The molecule has 0 bridgehead atoms. The summed E-state index contributed by atoms with van der Waals surface area (Å²) in [4.78, 5) is 5.23. The van der Waals surface area contributed by atoms with E-state index in [9.17, 15) is 0 Å². The van der Waals surface area contributed by atoms with Crippen molar-refractivity contribution < 1.29 is 0 Å². The van der Waals surface area contributed by atoms with E-state index >= 15 is 0 Å². The van der Waals surface area contributed by atoms with E-state index in [4.69, 9.17) is 5.73 Å². The van der Waals surface area contributed by atoms with Crippen LogP contribution in [0.2, 0.25) is 0 Å². The lowest BCUT2D eigenvalue weighted by Gasteiger charge is -2.01. The summed E-state index contributed by atoms with van der Waals surface area (Å²) in [6.45, 7) is 4.02. The number of anilines is 1. The van der Waals surface area contributed by atoms with Crippen LogP contribution in [0.5, 0.6) is 0 Å². The Bertz CT molecular complexity index is 462. The second-order valence-corrected chi connectivity index (χ2v) is 4.06. The lowest BCUT2D eigenvalue weighted by molar-refractivity contribution is 1.30. The Kier molecular flexibility index (Phi) is 2.21. The molecule has 0 saturated heterocycles. The van der Waals surface area contributed by atoms with Gasteiger partial charge in [-0.1, -0.05) is 0 Å². The highest BCUT2D eigenvalue weighted by Crippen LogP contribution is 2.27. The van der Waals surface area contributed by atoms with E-state index in [2.05, 4.69) is 15.4 Å². The van der Waals surface area contributed by atoms with Gasteiger partial charge in [-0.05, 0) is 43.1 Å². The minimum atomic E-state index is 0.562. The van der Waals surface area contributed by atoms with Crippen LogP contribution in [0.25, 0.3) is 10.4 Å². The molecule has 0 atom stereocenters. The summed E-state index contributed by atoms with van der Waals surface area (Å²) in [5.41, 5.74) is 8.89. The summed E-state index contributed by atoms with van der Waals surface area (Å²) < 4.78 is 4.24. The maximum absolute atomic E-state index is 5.59. The number of hydrogen-bond donors (Lipinski definition) is 1. The molecule has 0 saturated carbocycles. The van der Waals surface area contributed by atoms with Gasteiger partial charge in [0.1, 0.15) is 5.82 Å². The van der Waals surface area contributed by atoms with Crippen LogP contribution in [0.15, 0.2) is 18.3 Å². The van der Waals surface area contributed by atoms with Gasteiger partial charge in [0.05, 0.1) is 10.6 Å². The lowest BCUT2D eigenvalue weighted by atomic mass is 10.1. The van der Waals surface area contributed by atoms with Gasteiger partial charge in [-0.15, -0.1) is 0 Å². The first kappa shape index (κ1) is 9.15. The zero-order chi connectivity index (χ0) is 10.1. The molecule has 3 nitrogen and oxygen atoms in total. The first-order valence-electron chi connectivity index (χ1n) is 4.32. The molecule has 2 rings (SSSR count). The quantitative estimate of drug-likeness (QED) is 0.777. The maximum atomic E-state index is 5.59. The molecule has 2 aromatic rings. The van der Waals surface area contributed by atoms with Crippen molar-refractivity contribution in [1.29, 1.82) is 0 Å². The van der Waals surface area contributed by atoms with E-state index in [1.165, 1.54) is 11.5 Å². The Hall–Kier alpha value is -1.42. The minimum Gasteiger partial charge on any atom is -0.384 e. The topological polar surface area (TPSA) is 51.8 Å². The van der Waals surface area contributed by atoms with Crippen LogP contribution in [0.4, 0.5) is 5.82 Å². The van der Waals surface area contributed by atoms with E-state index in [1.54, 1.807) is 6.20 Å². The number of pyridine rings is 1. The molecule has 0 spiro atoms. The van der Waals surface area contributed by atoms with Crippen molar-refractivity contribution in [3.05, 3.63) is 29.6 Å². The predicted molar refractivity (Wildman–Crippen MR) is 59.2 cm³/mol. The van der Waals surface area contributed by atoms with Crippen LogP contribution in [-0.2, 0) is 0 Å². The number of hydrogen-bond acceptors (Lipinski definition) is 4. The van der Waals surface area contributed by atoms with Crippen LogP contribution in [0, 0.1) is 13.8 Å². The van der Waals surface area contributed by atoms with Crippen LogP contribution in [-0.4, -0.2) is 9.36 Å². The molecule has 0 unspecified atom stereocenters. The highest BCUT2D eigenvalue weighted by atomic mass is 32.1. The number of aryl methyl sites for hydroxylation is 2. The van der Waals surface area contributed by atoms with Gasteiger partial charge < -0.3 is 5.73 Å². The van der Waals surface area contributed by atoms with Crippen molar-refractivity contribution in [2.75, 3.05) is 5.73 Å². The number of aromatic nitrogens is 2. The summed E-state index contributed by atoms with van der Waals surface area (Å²) >= 11 is 1.49. The lowest BCUT2D eigenvalue weighted by Crippen LogP contribution is -1.91. The van der Waals surface area contributed by atoms with Gasteiger partial charge in [0.15, 0.2) is 0 Å². The van der Waals surface area contributed by atoms with Crippen LogP contribution >= 0.6 is 11.5 Å². The number of nitrogens with zero attached hydrogens (tertiary/aromatic N) is 2. The fourth-order valence-electron chi connectivity index (χ4n) is 1.33. The van der Waals surface area contributed by atoms with Gasteiger partial charge in [0, 0.05) is 11.8 Å². The third-order valence-electron chi connectivity index (χ3n) is 2.03. The minimum absolute atomic E-state index is 0.562. The van der Waals surface area contributed by atoms with E-state index in [-0.39, 0.29) is 0 Å². The molecule has 72 valence electrons. The van der Waals surface area contributed by atoms with Crippen molar-refractivity contribution >= 4 is 17.4 Å². The molecule has 0 aliphatic heterocycles.